The predicted octanol–water partition coefficient (Wildman–Crippen LogP) is 0.690. The maximum atomic E-state index is 12.7. The molecule has 1 aromatic carbocycles. The number of guanidine groups is 1. The maximum absolute atomic E-state index is 12.7. The molecule has 138 valence electrons. The van der Waals surface area contributed by atoms with Crippen LogP contribution in [0.25, 0.3) is 0 Å². The molecule has 1 atom stereocenters. The van der Waals surface area contributed by atoms with Gasteiger partial charge in [-0.1, -0.05) is 23.2 Å². The zero-order valence-electron chi connectivity index (χ0n) is 15.5. The second-order valence-corrected chi connectivity index (χ2v) is 6.51. The molecule has 1 fully saturated rings. The van der Waals surface area contributed by atoms with Gasteiger partial charge in [-0.05, 0) is 12.1 Å². The van der Waals surface area contributed by atoms with Crippen molar-refractivity contribution in [2.75, 3.05) is 41.3 Å². The van der Waals surface area contributed by atoms with Gasteiger partial charge in [-0.15, -0.1) is 0 Å². The molecule has 0 saturated carbocycles. The van der Waals surface area contributed by atoms with Gasteiger partial charge in [0.05, 0.1) is 27.2 Å². The first-order valence-electron chi connectivity index (χ1n) is 8.54. The van der Waals surface area contributed by atoms with Gasteiger partial charge in [0.2, 0.25) is 11.9 Å². The zero-order chi connectivity index (χ0) is 18.8. The third kappa shape index (κ3) is 3.14. The summed E-state index contributed by atoms with van der Waals surface area (Å²) in [4.78, 5) is 33.9. The largest absolute Gasteiger partial charge is 0.493 e. The quantitative estimate of drug-likeness (QED) is 0.574. The number of fused-ring (bicyclic) bond motifs is 1. The smallest absolute Gasteiger partial charge is 0.391 e. The van der Waals surface area contributed by atoms with Crippen LogP contribution in [0.4, 0.5) is 4.79 Å². The number of benzene rings is 1. The summed E-state index contributed by atoms with van der Waals surface area (Å²) in [6.45, 7) is 1.13. The van der Waals surface area contributed by atoms with E-state index in [0.29, 0.717) is 24.9 Å². The summed E-state index contributed by atoms with van der Waals surface area (Å²) in [6, 6.07) is 8.68. The van der Waals surface area contributed by atoms with Gasteiger partial charge in [0.25, 0.3) is 5.91 Å². The lowest BCUT2D eigenvalue weighted by Gasteiger charge is -2.33. The summed E-state index contributed by atoms with van der Waals surface area (Å²) >= 11 is 0. The number of ether oxygens (including phenoxy) is 1. The molecule has 8 nitrogen and oxygen atoms in total. The Morgan fingerprint density at radius 3 is 2.46 bits per heavy atom. The molecule has 3 amide bonds. The molecule has 1 aromatic rings. The molecule has 2 heterocycles. The summed E-state index contributed by atoms with van der Waals surface area (Å²) in [5.74, 6) is 1.72. The standard InChI is InChI=1S/C18H24N5O3/c1-20(2)17-19-15-14(16(24)22(4)18(25)21(15)3)23(17)11-8-12-26-13-9-6-5-7-10-13/h5-7,9-10,14H,8,11-12H2,1-4H3/q+1. The van der Waals surface area contributed by atoms with Crippen molar-refractivity contribution < 1.29 is 18.9 Å². The van der Waals surface area contributed by atoms with Gasteiger partial charge in [-0.3, -0.25) is 19.2 Å². The van der Waals surface area contributed by atoms with Crippen LogP contribution >= 0.6 is 0 Å². The molecular formula is C18H24N5O3+. The van der Waals surface area contributed by atoms with Gasteiger partial charge in [-0.25, -0.2) is 9.69 Å². The maximum Gasteiger partial charge on any atom is 0.391 e. The first-order chi connectivity index (χ1) is 12.4. The Kier molecular flexibility index (Phi) is 4.92. The number of carbonyl (C=O) groups is 2. The molecule has 1 saturated heterocycles. The van der Waals surface area contributed by atoms with Crippen molar-refractivity contribution in [3.63, 3.8) is 0 Å². The molecule has 0 aromatic heterocycles. The van der Waals surface area contributed by atoms with E-state index in [1.807, 2.05) is 53.9 Å². The normalized spacial score (nSPS) is 19.7. The number of aliphatic imine (C=N–C) groups is 1. The summed E-state index contributed by atoms with van der Waals surface area (Å²) in [6.07, 6.45) is 0.722. The van der Waals surface area contributed by atoms with E-state index in [0.717, 1.165) is 17.1 Å². The van der Waals surface area contributed by atoms with Crippen LogP contribution < -0.4 is 4.74 Å². The summed E-state index contributed by atoms with van der Waals surface area (Å²) in [5, 5.41) is 0. The second-order valence-electron chi connectivity index (χ2n) is 6.51. The Morgan fingerprint density at radius 2 is 1.81 bits per heavy atom. The third-order valence-corrected chi connectivity index (χ3v) is 4.46. The molecular weight excluding hydrogens is 334 g/mol. The van der Waals surface area contributed by atoms with E-state index in [4.69, 9.17) is 4.74 Å². The van der Waals surface area contributed by atoms with Gasteiger partial charge in [0, 0.05) is 20.5 Å². The molecule has 1 unspecified atom stereocenters. The van der Waals surface area contributed by atoms with Crippen LogP contribution in [0, 0.1) is 0 Å². The summed E-state index contributed by atoms with van der Waals surface area (Å²) < 4.78 is 7.59. The molecule has 0 N–H and O–H groups in total. The Labute approximate surface area is 153 Å². The fourth-order valence-corrected chi connectivity index (χ4v) is 3.11. The van der Waals surface area contributed by atoms with Gasteiger partial charge in [-0.2, -0.15) is 0 Å². The first kappa shape index (κ1) is 17.9. The van der Waals surface area contributed by atoms with E-state index in [1.54, 1.807) is 7.05 Å². The molecule has 0 spiro atoms. The molecule has 0 aliphatic carbocycles. The van der Waals surface area contributed by atoms with Crippen molar-refractivity contribution in [3.8, 4) is 5.75 Å². The number of hydrogen-bond acceptors (Lipinski definition) is 3. The summed E-state index contributed by atoms with van der Waals surface area (Å²) in [7, 11) is 6.90. The third-order valence-electron chi connectivity index (χ3n) is 4.46. The number of hydrogen-bond donors (Lipinski definition) is 0. The Balaban J connectivity index is 1.72. The van der Waals surface area contributed by atoms with E-state index >= 15 is 0 Å². The van der Waals surface area contributed by atoms with Crippen LogP contribution in [0.5, 0.6) is 5.75 Å². The Morgan fingerprint density at radius 1 is 1.12 bits per heavy atom. The van der Waals surface area contributed by atoms with Crippen LogP contribution in [0.3, 0.4) is 0 Å². The lowest BCUT2D eigenvalue weighted by Crippen LogP contribution is -2.62. The van der Waals surface area contributed by atoms with E-state index in [9.17, 15) is 9.59 Å². The van der Waals surface area contributed by atoms with Gasteiger partial charge in [0.15, 0.2) is 0 Å². The monoisotopic (exact) mass is 358 g/mol. The fraction of sp³-hybridized carbons (Fsp3) is 0.444. The van der Waals surface area contributed by atoms with Crippen molar-refractivity contribution in [1.82, 2.24) is 14.7 Å². The number of para-hydroxylation sites is 1. The van der Waals surface area contributed by atoms with E-state index in [1.165, 1.54) is 11.9 Å². The number of carbonyl (C=O) groups excluding carboxylic acids is 2. The molecule has 3 rings (SSSR count). The molecule has 0 radical (unpaired) electrons. The molecule has 26 heavy (non-hydrogen) atoms. The highest BCUT2D eigenvalue weighted by molar-refractivity contribution is 6.25. The topological polar surface area (TPSA) is 68.5 Å². The lowest BCUT2D eigenvalue weighted by molar-refractivity contribution is -0.470. The number of rotatable bonds is 5. The minimum atomic E-state index is -0.572. The highest BCUT2D eigenvalue weighted by atomic mass is 16.5. The average molecular weight is 358 g/mol. The summed E-state index contributed by atoms with van der Waals surface area (Å²) in [5.41, 5.74) is 0. The van der Waals surface area contributed by atoms with Crippen LogP contribution in [0.2, 0.25) is 0 Å². The van der Waals surface area contributed by atoms with Crippen molar-refractivity contribution >= 4 is 23.7 Å². The fourth-order valence-electron chi connectivity index (χ4n) is 3.11. The van der Waals surface area contributed by atoms with Gasteiger partial charge < -0.3 is 4.74 Å². The van der Waals surface area contributed by atoms with Crippen molar-refractivity contribution in [1.29, 1.82) is 0 Å². The molecule has 2 aliphatic rings. The molecule has 8 heteroatoms. The number of imide groups is 1. The zero-order valence-corrected chi connectivity index (χ0v) is 15.5. The molecule has 0 bridgehead atoms. The van der Waals surface area contributed by atoms with Gasteiger partial charge >= 0.3 is 12.0 Å². The minimum absolute atomic E-state index is 0.257. The van der Waals surface area contributed by atoms with Gasteiger partial charge in [0.1, 0.15) is 5.75 Å². The molecule has 2 aliphatic heterocycles. The number of amides is 3. The lowest BCUT2D eigenvalue weighted by atomic mass is 10.1. The van der Waals surface area contributed by atoms with Crippen LogP contribution in [-0.2, 0) is 4.79 Å². The van der Waals surface area contributed by atoms with E-state index in [2.05, 4.69) is 4.99 Å². The minimum Gasteiger partial charge on any atom is -0.493 e. The van der Waals surface area contributed by atoms with Crippen LogP contribution in [0.15, 0.2) is 35.3 Å². The number of amidine groups is 1. The van der Waals surface area contributed by atoms with Crippen LogP contribution in [0.1, 0.15) is 6.42 Å². The number of urea groups is 1. The highest BCUT2D eigenvalue weighted by Crippen LogP contribution is 2.23. The first-order valence-corrected chi connectivity index (χ1v) is 8.54. The highest BCUT2D eigenvalue weighted by Gasteiger charge is 2.54. The van der Waals surface area contributed by atoms with E-state index in [-0.39, 0.29) is 11.9 Å². The van der Waals surface area contributed by atoms with E-state index < -0.39 is 6.04 Å². The van der Waals surface area contributed by atoms with Crippen molar-refractivity contribution in [3.05, 3.63) is 30.3 Å². The second kappa shape index (κ2) is 7.15. The number of nitrogens with zero attached hydrogens (tertiary/aromatic N) is 5. The Hall–Kier alpha value is -2.90. The van der Waals surface area contributed by atoms with Crippen molar-refractivity contribution in [2.45, 2.75) is 12.5 Å². The number of likely N-dealkylation sites (N-methyl/N-ethyl adjacent to an activating group) is 2. The van der Waals surface area contributed by atoms with Crippen LogP contribution in [-0.4, -0.2) is 90.4 Å². The average Bonchev–Trinajstić information content (AvgIpc) is 3.02. The SMILES string of the molecule is CN1C(=O)C2C(=NC(=[N+](C)C)N2CCCOc2ccccc2)N(C)C1=O. The van der Waals surface area contributed by atoms with Crippen molar-refractivity contribution in [2.24, 2.45) is 4.99 Å². The Bertz CT molecular complexity index is 770. The predicted molar refractivity (Wildman–Crippen MR) is 97.5 cm³/mol.